The minimum Gasteiger partial charge on any atom is -0.340 e. The number of amides is 1. The van der Waals surface area contributed by atoms with Gasteiger partial charge in [-0.2, -0.15) is 5.10 Å². The third-order valence-corrected chi connectivity index (χ3v) is 4.32. The van der Waals surface area contributed by atoms with Crippen molar-refractivity contribution >= 4 is 23.0 Å². The Morgan fingerprint density at radius 3 is 2.77 bits per heavy atom. The summed E-state index contributed by atoms with van der Waals surface area (Å²) in [5, 5.41) is 4.58. The van der Waals surface area contributed by atoms with Crippen LogP contribution in [0.5, 0.6) is 0 Å². The summed E-state index contributed by atoms with van der Waals surface area (Å²) < 4.78 is 1.90. The van der Waals surface area contributed by atoms with Gasteiger partial charge < -0.3 is 4.90 Å². The molecule has 0 radical (unpaired) electrons. The molecule has 2 aromatic rings. The predicted molar refractivity (Wildman–Crippen MR) is 87.0 cm³/mol. The Hall–Kier alpha value is -1.59. The first-order chi connectivity index (χ1) is 10.8. The van der Waals surface area contributed by atoms with Gasteiger partial charge in [0, 0.05) is 51.2 Å². The van der Waals surface area contributed by atoms with Crippen LogP contribution >= 0.6 is 11.6 Å². The zero-order chi connectivity index (χ0) is 15.4. The minimum atomic E-state index is 0.230. The number of aromatic nitrogens is 2. The number of carbonyl (C=O) groups is 1. The number of rotatable bonds is 5. The molecule has 0 saturated carbocycles. The molecule has 3 rings (SSSR count). The van der Waals surface area contributed by atoms with Crippen molar-refractivity contribution < 1.29 is 4.79 Å². The van der Waals surface area contributed by atoms with Crippen molar-refractivity contribution in [3.63, 3.8) is 0 Å². The van der Waals surface area contributed by atoms with Crippen molar-refractivity contribution in [3.05, 3.63) is 36.2 Å². The van der Waals surface area contributed by atoms with Gasteiger partial charge >= 0.3 is 0 Å². The fraction of sp³-hybridized carbons (Fsp3) is 0.500. The van der Waals surface area contributed by atoms with E-state index in [-0.39, 0.29) is 5.91 Å². The van der Waals surface area contributed by atoms with Crippen LogP contribution in [0.3, 0.4) is 0 Å². The van der Waals surface area contributed by atoms with Crippen molar-refractivity contribution in [1.82, 2.24) is 19.4 Å². The number of carbonyl (C=O) groups excluding carboxylic acids is 1. The zero-order valence-electron chi connectivity index (χ0n) is 12.6. The number of alkyl halides is 1. The van der Waals surface area contributed by atoms with E-state index in [4.69, 9.17) is 11.6 Å². The van der Waals surface area contributed by atoms with Crippen molar-refractivity contribution in [3.8, 4) is 0 Å². The lowest BCUT2D eigenvalue weighted by molar-refractivity contribution is -0.133. The van der Waals surface area contributed by atoms with Gasteiger partial charge in [0.2, 0.25) is 5.91 Å². The van der Waals surface area contributed by atoms with E-state index in [1.165, 1.54) is 0 Å². The number of nitrogens with zero attached hydrogens (tertiary/aromatic N) is 4. The monoisotopic (exact) mass is 320 g/mol. The summed E-state index contributed by atoms with van der Waals surface area (Å²) in [5.41, 5.74) is 2.19. The van der Waals surface area contributed by atoms with Gasteiger partial charge in [0.05, 0.1) is 11.2 Å². The second-order valence-corrected chi connectivity index (χ2v) is 6.03. The molecule has 118 valence electrons. The first-order valence-electron chi connectivity index (χ1n) is 7.75. The molecule has 0 unspecified atom stereocenters. The molecule has 0 aliphatic carbocycles. The minimum absolute atomic E-state index is 0.230. The van der Waals surface area contributed by atoms with Crippen LogP contribution < -0.4 is 0 Å². The standard InChI is InChI=1S/C16H21ClN4O/c17-6-3-5-16(22)20-10-8-19(9-11-20)13-14-12-15-4-1-2-7-21(15)18-14/h1-2,4,7,12H,3,5-6,8-11,13H2. The van der Waals surface area contributed by atoms with Crippen molar-refractivity contribution in [2.45, 2.75) is 19.4 Å². The topological polar surface area (TPSA) is 40.9 Å². The van der Waals surface area contributed by atoms with Gasteiger partial charge in [-0.15, -0.1) is 11.6 Å². The third-order valence-electron chi connectivity index (χ3n) is 4.06. The van der Waals surface area contributed by atoms with Crippen LogP contribution in [-0.4, -0.2) is 57.4 Å². The maximum Gasteiger partial charge on any atom is 0.222 e. The normalized spacial score (nSPS) is 16.3. The van der Waals surface area contributed by atoms with E-state index in [0.717, 1.165) is 50.4 Å². The first kappa shape index (κ1) is 15.3. The lowest BCUT2D eigenvalue weighted by Gasteiger charge is -2.34. The second kappa shape index (κ2) is 7.11. The molecule has 2 aromatic heterocycles. The Labute approximate surface area is 135 Å². The number of pyridine rings is 1. The molecule has 6 heteroatoms. The summed E-state index contributed by atoms with van der Waals surface area (Å²) in [6.07, 6.45) is 3.30. The van der Waals surface area contributed by atoms with E-state index in [9.17, 15) is 4.79 Å². The maximum atomic E-state index is 12.0. The number of piperazine rings is 1. The molecule has 0 spiro atoms. The quantitative estimate of drug-likeness (QED) is 0.791. The van der Waals surface area contributed by atoms with Crippen LogP contribution in [0, 0.1) is 0 Å². The van der Waals surface area contributed by atoms with E-state index < -0.39 is 0 Å². The molecule has 1 fully saturated rings. The van der Waals surface area contributed by atoms with Crippen molar-refractivity contribution in [2.75, 3.05) is 32.1 Å². The molecule has 1 aliphatic heterocycles. The highest BCUT2D eigenvalue weighted by Gasteiger charge is 2.21. The highest BCUT2D eigenvalue weighted by molar-refractivity contribution is 6.17. The Balaban J connectivity index is 1.52. The van der Waals surface area contributed by atoms with Crippen LogP contribution in [0.4, 0.5) is 0 Å². The van der Waals surface area contributed by atoms with E-state index in [2.05, 4.69) is 22.1 Å². The maximum absolute atomic E-state index is 12.0. The van der Waals surface area contributed by atoms with Gasteiger partial charge in [-0.1, -0.05) is 6.07 Å². The third kappa shape index (κ3) is 3.59. The van der Waals surface area contributed by atoms with Crippen molar-refractivity contribution in [2.24, 2.45) is 0 Å². The molecule has 5 nitrogen and oxygen atoms in total. The molecule has 0 N–H and O–H groups in total. The zero-order valence-corrected chi connectivity index (χ0v) is 13.4. The molecule has 1 aliphatic rings. The number of hydrogen-bond acceptors (Lipinski definition) is 3. The molecule has 3 heterocycles. The molecule has 1 saturated heterocycles. The highest BCUT2D eigenvalue weighted by atomic mass is 35.5. The summed E-state index contributed by atoms with van der Waals surface area (Å²) in [7, 11) is 0. The van der Waals surface area contributed by atoms with Gasteiger partial charge in [-0.3, -0.25) is 9.69 Å². The van der Waals surface area contributed by atoms with Crippen LogP contribution in [0.1, 0.15) is 18.5 Å². The Bertz CT molecular complexity index is 601. The smallest absolute Gasteiger partial charge is 0.222 e. The van der Waals surface area contributed by atoms with Crippen LogP contribution in [0.2, 0.25) is 0 Å². The van der Waals surface area contributed by atoms with Gasteiger partial charge in [0.15, 0.2) is 0 Å². The average Bonchev–Trinajstić information content (AvgIpc) is 2.95. The summed E-state index contributed by atoms with van der Waals surface area (Å²) in [6, 6.07) is 8.18. The largest absolute Gasteiger partial charge is 0.340 e. The molecule has 0 aromatic carbocycles. The molecular formula is C16H21ClN4O. The summed E-state index contributed by atoms with van der Waals surface area (Å²) in [4.78, 5) is 16.3. The Morgan fingerprint density at radius 1 is 1.23 bits per heavy atom. The van der Waals surface area contributed by atoms with E-state index in [1.807, 2.05) is 27.7 Å². The fourth-order valence-electron chi connectivity index (χ4n) is 2.83. The van der Waals surface area contributed by atoms with E-state index >= 15 is 0 Å². The second-order valence-electron chi connectivity index (χ2n) is 5.66. The number of halogens is 1. The average molecular weight is 321 g/mol. The van der Waals surface area contributed by atoms with Crippen LogP contribution in [0.15, 0.2) is 30.5 Å². The lowest BCUT2D eigenvalue weighted by atomic mass is 10.2. The first-order valence-corrected chi connectivity index (χ1v) is 8.29. The molecule has 22 heavy (non-hydrogen) atoms. The Kier molecular flexibility index (Phi) is 4.95. The summed E-state index contributed by atoms with van der Waals surface area (Å²) in [6.45, 7) is 4.25. The molecular weight excluding hydrogens is 300 g/mol. The van der Waals surface area contributed by atoms with Gasteiger partial charge in [0.1, 0.15) is 0 Å². The van der Waals surface area contributed by atoms with E-state index in [1.54, 1.807) is 0 Å². The predicted octanol–water partition coefficient (Wildman–Crippen LogP) is 2.00. The number of fused-ring (bicyclic) bond motifs is 1. The molecule has 0 bridgehead atoms. The van der Waals surface area contributed by atoms with Crippen molar-refractivity contribution in [1.29, 1.82) is 0 Å². The van der Waals surface area contributed by atoms with Gasteiger partial charge in [0.25, 0.3) is 0 Å². The number of hydrogen-bond donors (Lipinski definition) is 0. The van der Waals surface area contributed by atoms with Crippen LogP contribution in [0.25, 0.3) is 5.52 Å². The van der Waals surface area contributed by atoms with Gasteiger partial charge in [-0.05, 0) is 24.6 Å². The Morgan fingerprint density at radius 2 is 2.05 bits per heavy atom. The highest BCUT2D eigenvalue weighted by Crippen LogP contribution is 2.11. The fourth-order valence-corrected chi connectivity index (χ4v) is 2.96. The SMILES string of the molecule is O=C(CCCCl)N1CCN(Cc2cc3ccccn3n2)CC1. The molecule has 0 atom stereocenters. The van der Waals surface area contributed by atoms with Gasteiger partial charge in [-0.25, -0.2) is 4.52 Å². The summed E-state index contributed by atoms with van der Waals surface area (Å²) in [5.74, 6) is 0.785. The summed E-state index contributed by atoms with van der Waals surface area (Å²) >= 11 is 5.64. The van der Waals surface area contributed by atoms with E-state index in [0.29, 0.717) is 12.3 Å². The lowest BCUT2D eigenvalue weighted by Crippen LogP contribution is -2.48. The molecule has 1 amide bonds. The van der Waals surface area contributed by atoms with Crippen LogP contribution in [-0.2, 0) is 11.3 Å².